The summed E-state index contributed by atoms with van der Waals surface area (Å²) in [7, 11) is 1.66. The normalized spacial score (nSPS) is 10.7. The molecule has 5 nitrogen and oxygen atoms in total. The van der Waals surface area contributed by atoms with E-state index in [2.05, 4.69) is 9.97 Å². The molecule has 5 heteroatoms. The number of hydrogen-bond donors (Lipinski definition) is 0. The summed E-state index contributed by atoms with van der Waals surface area (Å²) in [5.74, 6) is 2.15. The fraction of sp³-hybridized carbons (Fsp3) is 0.136. The molecule has 0 bridgehead atoms. The molecule has 0 radical (unpaired) electrons. The molecule has 2 heterocycles. The van der Waals surface area contributed by atoms with Gasteiger partial charge in [-0.3, -0.25) is 0 Å². The van der Waals surface area contributed by atoms with Crippen LogP contribution in [0, 0.1) is 6.92 Å². The van der Waals surface area contributed by atoms with E-state index in [4.69, 9.17) is 14.5 Å². The molecule has 2 aromatic carbocycles. The first-order valence-corrected chi connectivity index (χ1v) is 8.68. The zero-order valence-electron chi connectivity index (χ0n) is 15.2. The van der Waals surface area contributed by atoms with E-state index in [1.165, 1.54) is 0 Å². The molecule has 2 aromatic heterocycles. The van der Waals surface area contributed by atoms with Gasteiger partial charge in [0.25, 0.3) is 0 Å². The van der Waals surface area contributed by atoms with Crippen molar-refractivity contribution < 1.29 is 9.47 Å². The lowest BCUT2D eigenvalue weighted by atomic mass is 10.1. The van der Waals surface area contributed by atoms with Crippen LogP contribution in [0.3, 0.4) is 0 Å². The SMILES string of the molecule is COc1cccc(COc2cccc3ccc(-c4nccc(C)n4)nc23)c1. The zero-order chi connectivity index (χ0) is 18.6. The average Bonchev–Trinajstić information content (AvgIpc) is 2.72. The Balaban J connectivity index is 1.67. The maximum Gasteiger partial charge on any atom is 0.178 e. The van der Waals surface area contributed by atoms with Gasteiger partial charge >= 0.3 is 0 Å². The van der Waals surface area contributed by atoms with Gasteiger partial charge in [0.15, 0.2) is 5.82 Å². The number of aryl methyl sites for hydroxylation is 1. The van der Waals surface area contributed by atoms with E-state index in [9.17, 15) is 0 Å². The summed E-state index contributed by atoms with van der Waals surface area (Å²) in [6.07, 6.45) is 1.74. The molecule has 0 amide bonds. The van der Waals surface area contributed by atoms with E-state index in [1.807, 2.05) is 67.6 Å². The molecule has 0 aliphatic rings. The number of pyridine rings is 1. The maximum absolute atomic E-state index is 6.06. The summed E-state index contributed by atoms with van der Waals surface area (Å²) in [6.45, 7) is 2.37. The molecular formula is C22H19N3O2. The van der Waals surface area contributed by atoms with Crippen LogP contribution < -0.4 is 9.47 Å². The Morgan fingerprint density at radius 3 is 2.67 bits per heavy atom. The second kappa shape index (κ2) is 7.41. The predicted octanol–water partition coefficient (Wildman–Crippen LogP) is 4.59. The van der Waals surface area contributed by atoms with Gasteiger partial charge in [-0.1, -0.05) is 30.3 Å². The lowest BCUT2D eigenvalue weighted by Crippen LogP contribution is -1.98. The molecule has 0 saturated carbocycles. The summed E-state index contributed by atoms with van der Waals surface area (Å²) in [5, 5.41) is 1.01. The van der Waals surface area contributed by atoms with E-state index >= 15 is 0 Å². The number of fused-ring (bicyclic) bond motifs is 1. The third kappa shape index (κ3) is 3.72. The molecule has 0 atom stereocenters. The van der Waals surface area contributed by atoms with Gasteiger partial charge in [0.05, 0.1) is 7.11 Å². The molecule has 0 aliphatic carbocycles. The quantitative estimate of drug-likeness (QED) is 0.523. The van der Waals surface area contributed by atoms with Gasteiger partial charge in [0, 0.05) is 17.3 Å². The van der Waals surface area contributed by atoms with Crippen molar-refractivity contribution >= 4 is 10.9 Å². The van der Waals surface area contributed by atoms with E-state index < -0.39 is 0 Å². The molecule has 4 rings (SSSR count). The summed E-state index contributed by atoms with van der Waals surface area (Å²) in [4.78, 5) is 13.6. The summed E-state index contributed by atoms with van der Waals surface area (Å²) >= 11 is 0. The van der Waals surface area contributed by atoms with Crippen LogP contribution in [0.4, 0.5) is 0 Å². The van der Waals surface area contributed by atoms with E-state index in [-0.39, 0.29) is 0 Å². The molecule has 4 aromatic rings. The molecular weight excluding hydrogens is 338 g/mol. The number of ether oxygens (including phenoxy) is 2. The minimum atomic E-state index is 0.434. The van der Waals surface area contributed by atoms with Crippen LogP contribution in [-0.2, 0) is 6.61 Å². The van der Waals surface area contributed by atoms with Crippen LogP contribution in [0.5, 0.6) is 11.5 Å². The Bertz CT molecular complexity index is 1100. The average molecular weight is 357 g/mol. The minimum Gasteiger partial charge on any atom is -0.497 e. The first kappa shape index (κ1) is 17.0. The maximum atomic E-state index is 6.06. The summed E-state index contributed by atoms with van der Waals surface area (Å²) < 4.78 is 11.3. The Morgan fingerprint density at radius 1 is 0.926 bits per heavy atom. The van der Waals surface area contributed by atoms with Crippen LogP contribution in [0.15, 0.2) is 66.9 Å². The fourth-order valence-electron chi connectivity index (χ4n) is 2.86. The minimum absolute atomic E-state index is 0.434. The molecule has 0 saturated heterocycles. The topological polar surface area (TPSA) is 57.1 Å². The molecule has 0 aliphatic heterocycles. The van der Waals surface area contributed by atoms with Crippen LogP contribution >= 0.6 is 0 Å². The second-order valence-electron chi connectivity index (χ2n) is 6.19. The Morgan fingerprint density at radius 2 is 1.81 bits per heavy atom. The lowest BCUT2D eigenvalue weighted by molar-refractivity contribution is 0.308. The van der Waals surface area contributed by atoms with Gasteiger partial charge in [-0.2, -0.15) is 0 Å². The van der Waals surface area contributed by atoms with Crippen molar-refractivity contribution in [2.45, 2.75) is 13.5 Å². The van der Waals surface area contributed by atoms with E-state index in [0.29, 0.717) is 12.4 Å². The van der Waals surface area contributed by atoms with Crippen molar-refractivity contribution in [3.63, 3.8) is 0 Å². The highest BCUT2D eigenvalue weighted by Gasteiger charge is 2.09. The first-order chi connectivity index (χ1) is 13.2. The molecule has 0 unspecified atom stereocenters. The van der Waals surface area contributed by atoms with Gasteiger partial charge in [-0.05, 0) is 42.8 Å². The van der Waals surface area contributed by atoms with Crippen molar-refractivity contribution in [3.8, 4) is 23.0 Å². The second-order valence-corrected chi connectivity index (χ2v) is 6.19. The Kier molecular flexibility index (Phi) is 4.66. The zero-order valence-corrected chi connectivity index (χ0v) is 15.2. The van der Waals surface area contributed by atoms with Crippen LogP contribution in [0.2, 0.25) is 0 Å². The van der Waals surface area contributed by atoms with Crippen LogP contribution in [0.25, 0.3) is 22.4 Å². The molecule has 27 heavy (non-hydrogen) atoms. The highest BCUT2D eigenvalue weighted by atomic mass is 16.5. The van der Waals surface area contributed by atoms with E-state index in [0.717, 1.165) is 39.4 Å². The van der Waals surface area contributed by atoms with Crippen molar-refractivity contribution in [2.24, 2.45) is 0 Å². The molecule has 0 N–H and O–H groups in total. The number of para-hydroxylation sites is 1. The highest BCUT2D eigenvalue weighted by molar-refractivity contribution is 5.86. The fourth-order valence-corrected chi connectivity index (χ4v) is 2.86. The third-order valence-electron chi connectivity index (χ3n) is 4.24. The third-order valence-corrected chi connectivity index (χ3v) is 4.24. The summed E-state index contributed by atoms with van der Waals surface area (Å²) in [5.41, 5.74) is 3.46. The molecule has 0 fully saturated rings. The number of aromatic nitrogens is 3. The van der Waals surface area contributed by atoms with E-state index in [1.54, 1.807) is 13.3 Å². The van der Waals surface area contributed by atoms with Crippen molar-refractivity contribution in [1.82, 2.24) is 15.0 Å². The number of methoxy groups -OCH3 is 1. The first-order valence-electron chi connectivity index (χ1n) is 8.68. The van der Waals surface area contributed by atoms with Gasteiger partial charge in [0.2, 0.25) is 0 Å². The van der Waals surface area contributed by atoms with Gasteiger partial charge in [0.1, 0.15) is 29.3 Å². The highest BCUT2D eigenvalue weighted by Crippen LogP contribution is 2.27. The van der Waals surface area contributed by atoms with Crippen LogP contribution in [0.1, 0.15) is 11.3 Å². The van der Waals surface area contributed by atoms with Crippen molar-refractivity contribution in [2.75, 3.05) is 7.11 Å². The number of rotatable bonds is 5. The predicted molar refractivity (Wildman–Crippen MR) is 105 cm³/mol. The number of benzene rings is 2. The Hall–Kier alpha value is -3.47. The van der Waals surface area contributed by atoms with Gasteiger partial charge in [-0.15, -0.1) is 0 Å². The van der Waals surface area contributed by atoms with Crippen molar-refractivity contribution in [3.05, 3.63) is 78.1 Å². The van der Waals surface area contributed by atoms with Crippen LogP contribution in [-0.4, -0.2) is 22.1 Å². The lowest BCUT2D eigenvalue weighted by Gasteiger charge is -2.10. The monoisotopic (exact) mass is 357 g/mol. The van der Waals surface area contributed by atoms with Gasteiger partial charge in [-0.25, -0.2) is 15.0 Å². The molecule has 134 valence electrons. The number of nitrogens with zero attached hydrogens (tertiary/aromatic N) is 3. The largest absolute Gasteiger partial charge is 0.497 e. The standard InChI is InChI=1S/C22H19N3O2/c1-15-11-12-23-22(24-15)19-10-9-17-6-4-8-20(21(17)25-19)27-14-16-5-3-7-18(13-16)26-2/h3-13H,14H2,1-2H3. The molecule has 0 spiro atoms. The smallest absolute Gasteiger partial charge is 0.178 e. The van der Waals surface area contributed by atoms with Gasteiger partial charge < -0.3 is 9.47 Å². The summed E-state index contributed by atoms with van der Waals surface area (Å²) in [6, 6.07) is 19.6. The Labute approximate surface area is 157 Å². The number of hydrogen-bond acceptors (Lipinski definition) is 5. The van der Waals surface area contributed by atoms with Crippen molar-refractivity contribution in [1.29, 1.82) is 0 Å².